The molecule has 0 saturated heterocycles. The van der Waals surface area contributed by atoms with Crippen molar-refractivity contribution in [3.05, 3.63) is 101 Å². The molecule has 6 heteroatoms. The molecule has 6 nitrogen and oxygen atoms in total. The largest absolute Gasteiger partial charge is 0.497 e. The van der Waals surface area contributed by atoms with Crippen LogP contribution in [0.2, 0.25) is 0 Å². The summed E-state index contributed by atoms with van der Waals surface area (Å²) in [5.41, 5.74) is 4.05. The van der Waals surface area contributed by atoms with Gasteiger partial charge in [0.1, 0.15) is 11.8 Å². The zero-order chi connectivity index (χ0) is 22.3. The summed E-state index contributed by atoms with van der Waals surface area (Å²) in [6.45, 7) is 0.991. The van der Waals surface area contributed by atoms with Crippen molar-refractivity contribution < 1.29 is 14.3 Å². The van der Waals surface area contributed by atoms with Gasteiger partial charge in [-0.3, -0.25) is 9.59 Å². The molecule has 0 aromatic heterocycles. The number of carbonyl (C=O) groups excluding carboxylic acids is 2. The van der Waals surface area contributed by atoms with E-state index in [-0.39, 0.29) is 17.9 Å². The fourth-order valence-electron chi connectivity index (χ4n) is 3.86. The number of amides is 2. The van der Waals surface area contributed by atoms with Crippen LogP contribution in [0.15, 0.2) is 78.9 Å². The number of carbonyl (C=O) groups is 2. The summed E-state index contributed by atoms with van der Waals surface area (Å²) in [5, 5.41) is 9.18. The fourth-order valence-corrected chi connectivity index (χ4v) is 3.86. The van der Waals surface area contributed by atoms with Crippen LogP contribution in [-0.4, -0.2) is 25.0 Å². The number of methoxy groups -OCH3 is 1. The zero-order valence-electron chi connectivity index (χ0n) is 18.0. The molecular formula is C26H27N3O3. The number of ether oxygens (including phenoxy) is 1. The highest BCUT2D eigenvalue weighted by molar-refractivity contribution is 5.90. The smallest absolute Gasteiger partial charge is 0.247 e. The minimum atomic E-state index is -0.777. The number of nitrogens with one attached hydrogen (secondary N) is 3. The lowest BCUT2D eigenvalue weighted by atomic mass is 9.95. The van der Waals surface area contributed by atoms with E-state index in [1.54, 1.807) is 7.11 Å². The molecule has 32 heavy (non-hydrogen) atoms. The minimum absolute atomic E-state index is 0.187. The van der Waals surface area contributed by atoms with Crippen molar-refractivity contribution >= 4 is 11.8 Å². The molecule has 1 aliphatic heterocycles. The SMILES string of the molecule is COc1ccc(CNC(=O)[C@H](NC(=O)[C@@H]2Cc3ccccc3CN2)c2ccccc2)cc1. The average molecular weight is 430 g/mol. The minimum Gasteiger partial charge on any atom is -0.497 e. The Hall–Kier alpha value is -3.64. The average Bonchev–Trinajstić information content (AvgIpc) is 2.86. The summed E-state index contributed by atoms with van der Waals surface area (Å²) in [5.74, 6) is 0.320. The van der Waals surface area contributed by atoms with E-state index in [1.165, 1.54) is 5.56 Å². The molecule has 0 radical (unpaired) electrons. The molecule has 0 bridgehead atoms. The van der Waals surface area contributed by atoms with Gasteiger partial charge in [-0.1, -0.05) is 66.7 Å². The Morgan fingerprint density at radius 3 is 2.38 bits per heavy atom. The molecule has 2 atom stereocenters. The number of hydrogen-bond acceptors (Lipinski definition) is 4. The van der Waals surface area contributed by atoms with Gasteiger partial charge in [0.15, 0.2) is 0 Å². The van der Waals surface area contributed by atoms with Gasteiger partial charge in [-0.05, 0) is 40.8 Å². The van der Waals surface area contributed by atoms with Gasteiger partial charge in [0.25, 0.3) is 0 Å². The summed E-state index contributed by atoms with van der Waals surface area (Å²) < 4.78 is 5.17. The predicted octanol–water partition coefficient (Wildman–Crippen LogP) is 2.88. The molecule has 3 aromatic rings. The lowest BCUT2D eigenvalue weighted by Crippen LogP contribution is -2.50. The predicted molar refractivity (Wildman–Crippen MR) is 123 cm³/mol. The van der Waals surface area contributed by atoms with Crippen molar-refractivity contribution in [1.29, 1.82) is 0 Å². The number of hydrogen-bond donors (Lipinski definition) is 3. The third-order valence-electron chi connectivity index (χ3n) is 5.71. The highest BCUT2D eigenvalue weighted by atomic mass is 16.5. The fraction of sp³-hybridized carbons (Fsp3) is 0.231. The monoisotopic (exact) mass is 429 g/mol. The summed E-state index contributed by atoms with van der Waals surface area (Å²) in [6.07, 6.45) is 0.594. The lowest BCUT2D eigenvalue weighted by molar-refractivity contribution is -0.130. The van der Waals surface area contributed by atoms with Crippen LogP contribution in [0, 0.1) is 0 Å². The Morgan fingerprint density at radius 2 is 1.66 bits per heavy atom. The van der Waals surface area contributed by atoms with E-state index >= 15 is 0 Å². The van der Waals surface area contributed by atoms with Gasteiger partial charge in [-0.25, -0.2) is 0 Å². The molecule has 1 heterocycles. The van der Waals surface area contributed by atoms with E-state index in [9.17, 15) is 9.59 Å². The molecule has 0 fully saturated rings. The van der Waals surface area contributed by atoms with Crippen LogP contribution in [-0.2, 0) is 29.1 Å². The summed E-state index contributed by atoms with van der Waals surface area (Å²) in [6, 6.07) is 23.7. The highest BCUT2D eigenvalue weighted by Gasteiger charge is 2.29. The second-order valence-electron chi connectivity index (χ2n) is 7.82. The molecule has 3 N–H and O–H groups in total. The first kappa shape index (κ1) is 21.6. The Morgan fingerprint density at radius 1 is 0.969 bits per heavy atom. The molecule has 2 amide bonds. The van der Waals surface area contributed by atoms with Gasteiger partial charge in [-0.2, -0.15) is 0 Å². The van der Waals surface area contributed by atoms with E-state index in [2.05, 4.69) is 22.0 Å². The summed E-state index contributed by atoms with van der Waals surface area (Å²) in [7, 11) is 1.61. The second-order valence-corrected chi connectivity index (χ2v) is 7.82. The third kappa shape index (κ3) is 5.15. The number of fused-ring (bicyclic) bond motifs is 1. The molecule has 0 aliphatic carbocycles. The van der Waals surface area contributed by atoms with Crippen molar-refractivity contribution in [2.24, 2.45) is 0 Å². The van der Waals surface area contributed by atoms with E-state index in [0.29, 0.717) is 19.5 Å². The Balaban J connectivity index is 1.44. The quantitative estimate of drug-likeness (QED) is 0.540. The molecule has 0 unspecified atom stereocenters. The maximum absolute atomic E-state index is 13.1. The van der Waals surface area contributed by atoms with Crippen molar-refractivity contribution in [3.8, 4) is 5.75 Å². The van der Waals surface area contributed by atoms with Crippen LogP contribution < -0.4 is 20.7 Å². The molecule has 164 valence electrons. The van der Waals surface area contributed by atoms with Crippen LogP contribution >= 0.6 is 0 Å². The first-order valence-corrected chi connectivity index (χ1v) is 10.7. The Kier molecular flexibility index (Phi) is 6.82. The molecule has 1 aliphatic rings. The van der Waals surface area contributed by atoms with Crippen LogP contribution in [0.25, 0.3) is 0 Å². The molecule has 0 spiro atoms. The van der Waals surface area contributed by atoms with Crippen molar-refractivity contribution in [2.75, 3.05) is 7.11 Å². The van der Waals surface area contributed by atoms with Crippen molar-refractivity contribution in [2.45, 2.75) is 31.6 Å². The maximum Gasteiger partial charge on any atom is 0.247 e. The number of rotatable bonds is 7. The van der Waals surface area contributed by atoms with Gasteiger partial charge in [0.05, 0.1) is 13.2 Å². The van der Waals surface area contributed by atoms with Crippen LogP contribution in [0.1, 0.15) is 28.3 Å². The van der Waals surface area contributed by atoms with E-state index in [0.717, 1.165) is 22.4 Å². The first-order chi connectivity index (χ1) is 15.6. The van der Waals surface area contributed by atoms with Crippen molar-refractivity contribution in [1.82, 2.24) is 16.0 Å². The van der Waals surface area contributed by atoms with Crippen LogP contribution in [0.3, 0.4) is 0 Å². The highest BCUT2D eigenvalue weighted by Crippen LogP contribution is 2.19. The Bertz CT molecular complexity index is 1070. The maximum atomic E-state index is 13.1. The standard InChI is InChI=1S/C26H27N3O3/c1-32-22-13-11-18(12-14-22)16-28-26(31)24(19-7-3-2-4-8-19)29-25(30)23-15-20-9-5-6-10-21(20)17-27-23/h2-14,23-24,27H,15-17H2,1H3,(H,28,31)(H,29,30)/t23-,24+/m0/s1. The normalized spacial score (nSPS) is 15.8. The van der Waals surface area contributed by atoms with Gasteiger partial charge < -0.3 is 20.7 Å². The van der Waals surface area contributed by atoms with Crippen molar-refractivity contribution in [3.63, 3.8) is 0 Å². The molecular weight excluding hydrogens is 402 g/mol. The van der Waals surface area contributed by atoms with E-state index in [1.807, 2.05) is 72.8 Å². The number of benzene rings is 3. The zero-order valence-corrected chi connectivity index (χ0v) is 18.0. The summed E-state index contributed by atoms with van der Waals surface area (Å²) >= 11 is 0. The first-order valence-electron chi connectivity index (χ1n) is 10.7. The third-order valence-corrected chi connectivity index (χ3v) is 5.71. The topological polar surface area (TPSA) is 79.5 Å². The van der Waals surface area contributed by atoms with Crippen LogP contribution in [0.5, 0.6) is 5.75 Å². The summed E-state index contributed by atoms with van der Waals surface area (Å²) in [4.78, 5) is 26.2. The van der Waals surface area contributed by atoms with Gasteiger partial charge in [-0.15, -0.1) is 0 Å². The van der Waals surface area contributed by atoms with E-state index in [4.69, 9.17) is 4.74 Å². The lowest BCUT2D eigenvalue weighted by Gasteiger charge is -2.27. The van der Waals surface area contributed by atoms with Crippen LogP contribution in [0.4, 0.5) is 0 Å². The van der Waals surface area contributed by atoms with E-state index < -0.39 is 6.04 Å². The molecule has 3 aromatic carbocycles. The molecule has 4 rings (SSSR count). The van der Waals surface area contributed by atoms with Gasteiger partial charge >= 0.3 is 0 Å². The van der Waals surface area contributed by atoms with Gasteiger partial charge in [0, 0.05) is 13.1 Å². The molecule has 0 saturated carbocycles. The Labute approximate surface area is 188 Å². The second kappa shape index (κ2) is 10.1. The van der Waals surface area contributed by atoms with Gasteiger partial charge in [0.2, 0.25) is 11.8 Å².